The quantitative estimate of drug-likeness (QED) is 0.297. The summed E-state index contributed by atoms with van der Waals surface area (Å²) < 4.78 is 0. The van der Waals surface area contributed by atoms with Crippen molar-refractivity contribution in [3.63, 3.8) is 0 Å². The minimum Gasteiger partial charge on any atom is -0.550 e. The molecule has 0 unspecified atom stereocenters. The second kappa shape index (κ2) is 21.9. The first-order valence-corrected chi connectivity index (χ1v) is 9.65. The number of aliphatic carboxylic acids is 2. The van der Waals surface area contributed by atoms with Crippen LogP contribution in [0.3, 0.4) is 0 Å². The molecule has 0 aromatic heterocycles. The number of carbonyl (C=O) groups excluding carboxylic acids is 2. The molecule has 0 saturated heterocycles. The van der Waals surface area contributed by atoms with E-state index in [1.165, 1.54) is 25.7 Å². The van der Waals surface area contributed by atoms with Crippen LogP contribution in [-0.2, 0) is 36.9 Å². The minimum absolute atomic E-state index is 0. The summed E-state index contributed by atoms with van der Waals surface area (Å²) in [5, 5.41) is 20.1. The molecule has 0 fully saturated rings. The van der Waals surface area contributed by atoms with Crippen molar-refractivity contribution in [3.05, 3.63) is 0 Å². The van der Waals surface area contributed by atoms with E-state index in [4.69, 9.17) is 0 Å². The molecule has 0 bridgehead atoms. The first-order chi connectivity index (χ1) is 11.3. The fraction of sp³-hybridized carbons (Fsp3) is 0.900. The van der Waals surface area contributed by atoms with Gasteiger partial charge in [-0.05, 0) is 37.5 Å². The molecule has 0 radical (unpaired) electrons. The molecule has 0 aromatic carbocycles. The maximum Gasteiger partial charge on any atom is 2.00 e. The molecule has 0 aromatic rings. The number of rotatable bonds is 14. The molecule has 144 valence electrons. The Morgan fingerprint density at radius 3 is 1.12 bits per heavy atom. The van der Waals surface area contributed by atoms with Crippen molar-refractivity contribution in [2.45, 2.75) is 105 Å². The van der Waals surface area contributed by atoms with Crippen molar-refractivity contribution in [1.29, 1.82) is 0 Å². The average molecular weight is 455 g/mol. The smallest absolute Gasteiger partial charge is 0.550 e. The molecule has 0 atom stereocenters. The number of carboxylic acids is 2. The molecule has 0 heterocycles. The van der Waals surface area contributed by atoms with Crippen LogP contribution >= 0.6 is 0 Å². The van der Waals surface area contributed by atoms with E-state index in [2.05, 4.69) is 27.7 Å². The van der Waals surface area contributed by atoms with Crippen LogP contribution in [0.2, 0.25) is 0 Å². The zero-order chi connectivity index (χ0) is 18.8. The summed E-state index contributed by atoms with van der Waals surface area (Å²) in [6.07, 6.45) is 11.3. The zero-order valence-corrected chi connectivity index (χ0v) is 21.0. The van der Waals surface area contributed by atoms with Gasteiger partial charge in [-0.25, -0.2) is 0 Å². The fourth-order valence-electron chi connectivity index (χ4n) is 2.35. The predicted molar refractivity (Wildman–Crippen MR) is 95.1 cm³/mol. The van der Waals surface area contributed by atoms with Crippen molar-refractivity contribution < 1.29 is 47.1 Å². The number of carboxylic acid groups (broad SMARTS) is 2. The van der Waals surface area contributed by atoms with Gasteiger partial charge < -0.3 is 19.8 Å². The van der Waals surface area contributed by atoms with Gasteiger partial charge in [0.25, 0.3) is 0 Å². The van der Waals surface area contributed by atoms with Crippen LogP contribution in [0.1, 0.15) is 105 Å². The molecule has 25 heavy (non-hydrogen) atoms. The van der Waals surface area contributed by atoms with E-state index in [1.807, 2.05) is 0 Å². The third kappa shape index (κ3) is 35.7. The zero-order valence-electron chi connectivity index (χ0n) is 17.0. The van der Waals surface area contributed by atoms with Crippen molar-refractivity contribution in [2.24, 2.45) is 11.8 Å². The van der Waals surface area contributed by atoms with Gasteiger partial charge in [0.05, 0.1) is 0 Å². The number of hydrogen-bond donors (Lipinski definition) is 0. The Bertz CT molecular complexity index is 274. The van der Waals surface area contributed by atoms with Gasteiger partial charge in [0.15, 0.2) is 0 Å². The number of carbonyl (C=O) groups is 2. The molecule has 0 aliphatic heterocycles. The summed E-state index contributed by atoms with van der Waals surface area (Å²) in [7, 11) is 0. The molecular weight excluding hydrogens is 417 g/mol. The number of hydrogen-bond acceptors (Lipinski definition) is 4. The summed E-state index contributed by atoms with van der Waals surface area (Å²) in [6.45, 7) is 8.84. The van der Waals surface area contributed by atoms with Gasteiger partial charge in [-0.1, -0.05) is 79.1 Å². The van der Waals surface area contributed by atoms with Gasteiger partial charge in [0.1, 0.15) is 0 Å². The van der Waals surface area contributed by atoms with E-state index in [9.17, 15) is 19.8 Å². The van der Waals surface area contributed by atoms with Crippen LogP contribution in [0.15, 0.2) is 0 Å². The second-order valence-electron chi connectivity index (χ2n) is 7.44. The fourth-order valence-corrected chi connectivity index (χ4v) is 2.35. The van der Waals surface area contributed by atoms with Crippen molar-refractivity contribution in [3.8, 4) is 0 Å². The summed E-state index contributed by atoms with van der Waals surface area (Å²) in [6, 6.07) is 0. The Kier molecular flexibility index (Phi) is 26.0. The number of unbranched alkanes of at least 4 members (excludes halogenated alkanes) is 6. The molecule has 0 aliphatic rings. The van der Waals surface area contributed by atoms with Gasteiger partial charge in [-0.3, -0.25) is 0 Å². The standard InChI is InChI=1S/2C10H20O2.Cd/c2*1-9(2)7-5-3-4-6-8-10(11)12;/h2*9H,3-8H2,1-2H3,(H,11,12);/q;;+2/p-2. The first kappa shape index (κ1) is 29.6. The maximum atomic E-state index is 10.0. The third-order valence-corrected chi connectivity index (χ3v) is 3.82. The van der Waals surface area contributed by atoms with E-state index in [1.54, 1.807) is 0 Å². The maximum absolute atomic E-state index is 10.0. The Labute approximate surface area is 175 Å². The molecule has 0 N–H and O–H groups in total. The largest absolute Gasteiger partial charge is 2.00 e. The Hall–Kier alpha value is -0.138. The van der Waals surface area contributed by atoms with Crippen LogP contribution in [0.25, 0.3) is 0 Å². The van der Waals surface area contributed by atoms with Gasteiger partial charge in [-0.15, -0.1) is 0 Å². The second-order valence-corrected chi connectivity index (χ2v) is 7.44. The Morgan fingerprint density at radius 1 is 0.600 bits per heavy atom. The Balaban J connectivity index is -0.000000372. The SMILES string of the molecule is CC(C)CCCCCCC(=O)[O-].CC(C)CCCCCCC(=O)[O-].[Cd+2]. The molecule has 0 saturated carbocycles. The van der Waals surface area contributed by atoms with E-state index in [0.717, 1.165) is 50.4 Å². The van der Waals surface area contributed by atoms with Crippen LogP contribution in [0.5, 0.6) is 0 Å². The monoisotopic (exact) mass is 456 g/mol. The third-order valence-electron chi connectivity index (χ3n) is 3.82. The summed E-state index contributed by atoms with van der Waals surface area (Å²) in [5.41, 5.74) is 0. The normalized spacial score (nSPS) is 10.2. The van der Waals surface area contributed by atoms with E-state index >= 15 is 0 Å². The van der Waals surface area contributed by atoms with Crippen LogP contribution in [-0.4, -0.2) is 11.9 Å². The van der Waals surface area contributed by atoms with Crippen LogP contribution < -0.4 is 10.2 Å². The van der Waals surface area contributed by atoms with Gasteiger partial charge in [0, 0.05) is 11.9 Å². The average Bonchev–Trinajstić information content (AvgIpc) is 2.46. The van der Waals surface area contributed by atoms with E-state index in [0.29, 0.717) is 0 Å². The van der Waals surface area contributed by atoms with Gasteiger partial charge >= 0.3 is 27.3 Å². The molecule has 5 heteroatoms. The molecular formula is C20H38CdO4. The molecule has 4 nitrogen and oxygen atoms in total. The Morgan fingerprint density at radius 2 is 0.880 bits per heavy atom. The molecule has 0 rings (SSSR count). The van der Waals surface area contributed by atoms with Crippen molar-refractivity contribution in [2.75, 3.05) is 0 Å². The van der Waals surface area contributed by atoms with Crippen LogP contribution in [0.4, 0.5) is 0 Å². The minimum atomic E-state index is -0.918. The molecule has 0 amide bonds. The van der Waals surface area contributed by atoms with E-state index < -0.39 is 11.9 Å². The van der Waals surface area contributed by atoms with E-state index in [-0.39, 0.29) is 40.1 Å². The van der Waals surface area contributed by atoms with Gasteiger partial charge in [0.2, 0.25) is 0 Å². The van der Waals surface area contributed by atoms with Crippen molar-refractivity contribution >= 4 is 11.9 Å². The summed E-state index contributed by atoms with van der Waals surface area (Å²) in [4.78, 5) is 20.1. The molecule has 0 aliphatic carbocycles. The van der Waals surface area contributed by atoms with Crippen molar-refractivity contribution in [1.82, 2.24) is 0 Å². The summed E-state index contributed by atoms with van der Waals surface area (Å²) in [5.74, 6) is -0.296. The first-order valence-electron chi connectivity index (χ1n) is 9.65. The topological polar surface area (TPSA) is 80.3 Å². The van der Waals surface area contributed by atoms with Gasteiger partial charge in [-0.2, -0.15) is 0 Å². The molecule has 0 spiro atoms. The predicted octanol–water partition coefficient (Wildman–Crippen LogP) is 3.46. The van der Waals surface area contributed by atoms with Crippen LogP contribution in [0, 0.1) is 11.8 Å². The summed E-state index contributed by atoms with van der Waals surface area (Å²) >= 11 is 0.